The summed E-state index contributed by atoms with van der Waals surface area (Å²) in [4.78, 5) is 28.5. The van der Waals surface area contributed by atoms with Crippen molar-refractivity contribution in [2.75, 3.05) is 18.4 Å². The van der Waals surface area contributed by atoms with Crippen LogP contribution in [0.25, 0.3) is 0 Å². The molecule has 1 amide bonds. The quantitative estimate of drug-likeness (QED) is 0.663. The molecule has 1 aromatic carbocycles. The molecule has 0 atom stereocenters. The summed E-state index contributed by atoms with van der Waals surface area (Å²) >= 11 is 0. The summed E-state index contributed by atoms with van der Waals surface area (Å²) in [6.07, 6.45) is 2.28. The molecule has 1 aliphatic rings. The third kappa shape index (κ3) is 3.93. The van der Waals surface area contributed by atoms with Gasteiger partial charge in [0.15, 0.2) is 0 Å². The number of nitro benzene ring substituents is 1. The summed E-state index contributed by atoms with van der Waals surface area (Å²) < 4.78 is 26.5. The van der Waals surface area contributed by atoms with Gasteiger partial charge >= 0.3 is 0 Å². The van der Waals surface area contributed by atoms with Gasteiger partial charge in [0.25, 0.3) is 17.5 Å². The number of hydrogen-bond acceptors (Lipinski definition) is 5. The standard InChI is InChI=1S/C17H16F2N4O3/c18-17(19)5-8-22(9-6-17)16(24)12-3-4-14(15(10-12)23(25)26)21-13-2-1-7-20-11-13/h1-4,7,10-11,21H,5-6,8-9H2. The number of piperidine rings is 1. The first-order valence-corrected chi connectivity index (χ1v) is 7.98. The highest BCUT2D eigenvalue weighted by atomic mass is 19.3. The van der Waals surface area contributed by atoms with Crippen LogP contribution >= 0.6 is 0 Å². The minimum atomic E-state index is -2.76. The lowest BCUT2D eigenvalue weighted by Crippen LogP contribution is -2.42. The van der Waals surface area contributed by atoms with Crippen molar-refractivity contribution in [1.82, 2.24) is 9.88 Å². The summed E-state index contributed by atoms with van der Waals surface area (Å²) in [5.74, 6) is -3.25. The number of anilines is 2. The van der Waals surface area contributed by atoms with Gasteiger partial charge in [-0.1, -0.05) is 0 Å². The number of pyridine rings is 1. The SMILES string of the molecule is O=C(c1ccc(Nc2cccnc2)c([N+](=O)[O-])c1)N1CCC(F)(F)CC1. The molecule has 0 spiro atoms. The number of likely N-dealkylation sites (tertiary alicyclic amines) is 1. The predicted molar refractivity (Wildman–Crippen MR) is 90.7 cm³/mol. The van der Waals surface area contributed by atoms with Crippen molar-refractivity contribution in [2.24, 2.45) is 0 Å². The number of amides is 1. The number of aromatic nitrogens is 1. The van der Waals surface area contributed by atoms with E-state index in [0.29, 0.717) is 5.69 Å². The van der Waals surface area contributed by atoms with Gasteiger partial charge in [-0.2, -0.15) is 0 Å². The maximum atomic E-state index is 13.2. The van der Waals surface area contributed by atoms with Crippen LogP contribution in [0.4, 0.5) is 25.8 Å². The van der Waals surface area contributed by atoms with Crippen LogP contribution in [0, 0.1) is 10.1 Å². The molecule has 1 saturated heterocycles. The van der Waals surface area contributed by atoms with Gasteiger partial charge in [0.1, 0.15) is 5.69 Å². The Hall–Kier alpha value is -3.10. The van der Waals surface area contributed by atoms with Gasteiger partial charge in [-0.3, -0.25) is 19.9 Å². The minimum Gasteiger partial charge on any atom is -0.349 e. The molecule has 0 radical (unpaired) electrons. The molecule has 9 heteroatoms. The van der Waals surface area contributed by atoms with Crippen LogP contribution < -0.4 is 5.32 Å². The Morgan fingerprint density at radius 2 is 2.00 bits per heavy atom. The van der Waals surface area contributed by atoms with E-state index >= 15 is 0 Å². The molecule has 0 bridgehead atoms. The van der Waals surface area contributed by atoms with Crippen LogP contribution in [0.15, 0.2) is 42.7 Å². The second-order valence-corrected chi connectivity index (χ2v) is 6.00. The van der Waals surface area contributed by atoms with Crippen molar-refractivity contribution in [3.63, 3.8) is 0 Å². The second kappa shape index (κ2) is 7.03. The summed E-state index contributed by atoms with van der Waals surface area (Å²) in [5, 5.41) is 14.3. The van der Waals surface area contributed by atoms with E-state index in [1.165, 1.54) is 23.2 Å². The van der Waals surface area contributed by atoms with E-state index in [0.717, 1.165) is 6.07 Å². The Morgan fingerprint density at radius 1 is 1.27 bits per heavy atom. The van der Waals surface area contributed by atoms with Gasteiger partial charge < -0.3 is 10.2 Å². The number of carbonyl (C=O) groups is 1. The molecule has 2 heterocycles. The van der Waals surface area contributed by atoms with E-state index in [1.807, 2.05) is 0 Å². The number of alkyl halides is 2. The molecule has 0 saturated carbocycles. The second-order valence-electron chi connectivity index (χ2n) is 6.00. The van der Waals surface area contributed by atoms with E-state index < -0.39 is 29.6 Å². The maximum Gasteiger partial charge on any atom is 0.293 e. The maximum absolute atomic E-state index is 13.2. The fourth-order valence-electron chi connectivity index (χ4n) is 2.73. The smallest absolute Gasteiger partial charge is 0.293 e. The van der Waals surface area contributed by atoms with Crippen molar-refractivity contribution >= 4 is 23.0 Å². The van der Waals surface area contributed by atoms with Crippen molar-refractivity contribution in [3.8, 4) is 0 Å². The molecule has 0 aliphatic carbocycles. The van der Waals surface area contributed by atoms with Crippen LogP contribution in [0.3, 0.4) is 0 Å². The fourth-order valence-corrected chi connectivity index (χ4v) is 2.73. The zero-order valence-electron chi connectivity index (χ0n) is 13.7. The van der Waals surface area contributed by atoms with Gasteiger partial charge in [0.2, 0.25) is 0 Å². The van der Waals surface area contributed by atoms with Crippen molar-refractivity contribution in [1.29, 1.82) is 0 Å². The first-order valence-electron chi connectivity index (χ1n) is 7.98. The minimum absolute atomic E-state index is 0.0741. The Balaban J connectivity index is 1.82. The Labute approximate surface area is 147 Å². The Bertz CT molecular complexity index is 820. The van der Waals surface area contributed by atoms with Crippen LogP contribution in [0.2, 0.25) is 0 Å². The monoisotopic (exact) mass is 362 g/mol. The summed E-state index contributed by atoms with van der Waals surface area (Å²) in [6.45, 7) is -0.148. The number of nitrogens with zero attached hydrogens (tertiary/aromatic N) is 3. The number of hydrogen-bond donors (Lipinski definition) is 1. The molecule has 7 nitrogen and oxygen atoms in total. The van der Waals surface area contributed by atoms with Gasteiger partial charge in [-0.15, -0.1) is 0 Å². The predicted octanol–water partition coefficient (Wildman–Crippen LogP) is 3.60. The van der Waals surface area contributed by atoms with Crippen molar-refractivity contribution in [2.45, 2.75) is 18.8 Å². The lowest BCUT2D eigenvalue weighted by Gasteiger charge is -2.31. The first-order chi connectivity index (χ1) is 12.4. The third-order valence-corrected chi connectivity index (χ3v) is 4.16. The van der Waals surface area contributed by atoms with E-state index in [1.54, 1.807) is 18.3 Å². The van der Waals surface area contributed by atoms with E-state index in [2.05, 4.69) is 10.3 Å². The van der Waals surface area contributed by atoms with Crippen molar-refractivity contribution in [3.05, 3.63) is 58.4 Å². The van der Waals surface area contributed by atoms with Crippen LogP contribution in [0.1, 0.15) is 23.2 Å². The number of nitro groups is 1. The molecule has 26 heavy (non-hydrogen) atoms. The first kappa shape index (κ1) is 17.7. The number of nitrogens with one attached hydrogen (secondary N) is 1. The highest BCUT2D eigenvalue weighted by Crippen LogP contribution is 2.31. The largest absolute Gasteiger partial charge is 0.349 e. The lowest BCUT2D eigenvalue weighted by atomic mass is 10.0. The number of carbonyl (C=O) groups excluding carboxylic acids is 1. The summed E-state index contributed by atoms with van der Waals surface area (Å²) in [5.41, 5.74) is 0.596. The van der Waals surface area contributed by atoms with Gasteiger partial charge in [-0.05, 0) is 24.3 Å². The molecule has 0 unspecified atom stereocenters. The highest BCUT2D eigenvalue weighted by Gasteiger charge is 2.36. The molecular weight excluding hydrogens is 346 g/mol. The van der Waals surface area contributed by atoms with E-state index in [-0.39, 0.29) is 30.0 Å². The zero-order valence-corrected chi connectivity index (χ0v) is 13.7. The Morgan fingerprint density at radius 3 is 2.62 bits per heavy atom. The van der Waals surface area contributed by atoms with E-state index in [4.69, 9.17) is 0 Å². The Kier molecular flexibility index (Phi) is 4.79. The molecule has 136 valence electrons. The van der Waals surface area contributed by atoms with Gasteiger partial charge in [0, 0.05) is 43.8 Å². The molecule has 1 aromatic heterocycles. The number of benzene rings is 1. The topological polar surface area (TPSA) is 88.4 Å². The molecule has 2 aromatic rings. The zero-order chi connectivity index (χ0) is 18.7. The summed E-state index contributed by atoms with van der Waals surface area (Å²) in [7, 11) is 0. The molecular formula is C17H16F2N4O3. The third-order valence-electron chi connectivity index (χ3n) is 4.16. The van der Waals surface area contributed by atoms with Crippen LogP contribution in [0.5, 0.6) is 0 Å². The van der Waals surface area contributed by atoms with Crippen molar-refractivity contribution < 1.29 is 18.5 Å². The molecule has 1 aliphatic heterocycles. The average molecular weight is 362 g/mol. The molecule has 1 N–H and O–H groups in total. The van der Waals surface area contributed by atoms with E-state index in [9.17, 15) is 23.7 Å². The highest BCUT2D eigenvalue weighted by molar-refractivity contribution is 5.96. The lowest BCUT2D eigenvalue weighted by molar-refractivity contribution is -0.383. The number of rotatable bonds is 4. The fraction of sp³-hybridized carbons (Fsp3) is 0.294. The molecule has 1 fully saturated rings. The number of halogens is 2. The van der Waals surface area contributed by atoms with Crippen LogP contribution in [-0.2, 0) is 0 Å². The molecule has 3 rings (SSSR count). The van der Waals surface area contributed by atoms with Crippen LogP contribution in [-0.4, -0.2) is 39.7 Å². The normalized spacial score (nSPS) is 16.2. The summed E-state index contributed by atoms with van der Waals surface area (Å²) in [6, 6.07) is 7.41. The van der Waals surface area contributed by atoms with Gasteiger partial charge in [-0.25, -0.2) is 8.78 Å². The van der Waals surface area contributed by atoms with Gasteiger partial charge in [0.05, 0.1) is 16.8 Å². The average Bonchev–Trinajstić information content (AvgIpc) is 2.62.